The zero-order valence-electron chi connectivity index (χ0n) is 14.1. The summed E-state index contributed by atoms with van der Waals surface area (Å²) in [5.74, 6) is 2.51. The van der Waals surface area contributed by atoms with Gasteiger partial charge in [-0.25, -0.2) is 14.8 Å². The van der Waals surface area contributed by atoms with Crippen molar-refractivity contribution in [3.63, 3.8) is 0 Å². The van der Waals surface area contributed by atoms with Crippen LogP contribution in [0.1, 0.15) is 50.2 Å². The van der Waals surface area contributed by atoms with Crippen molar-refractivity contribution in [1.29, 1.82) is 0 Å². The number of hydrogen-bond acceptors (Lipinski definition) is 4. The molecule has 2 amide bonds. The first-order chi connectivity index (χ1) is 11.4. The number of hydrogen-bond donors (Lipinski definition) is 4. The molecule has 2 aromatic heterocycles. The van der Waals surface area contributed by atoms with Crippen molar-refractivity contribution in [3.8, 4) is 0 Å². The van der Waals surface area contributed by atoms with Gasteiger partial charge in [-0.15, -0.1) is 0 Å². The van der Waals surface area contributed by atoms with E-state index >= 15 is 0 Å². The first-order valence-electron chi connectivity index (χ1n) is 7.88. The van der Waals surface area contributed by atoms with Gasteiger partial charge in [0.05, 0.1) is 17.1 Å². The van der Waals surface area contributed by atoms with Crippen LogP contribution in [-0.4, -0.2) is 31.2 Å². The molecule has 0 bridgehead atoms. The third-order valence-corrected chi connectivity index (χ3v) is 3.65. The van der Waals surface area contributed by atoms with Gasteiger partial charge >= 0.3 is 6.03 Å². The Morgan fingerprint density at radius 2 is 2.00 bits per heavy atom. The first-order valence-corrected chi connectivity index (χ1v) is 7.88. The summed E-state index contributed by atoms with van der Waals surface area (Å²) in [6, 6.07) is 4.98. The highest BCUT2D eigenvalue weighted by atomic mass is 16.2. The molecule has 1 atom stereocenters. The molecule has 0 spiro atoms. The van der Waals surface area contributed by atoms with E-state index in [4.69, 9.17) is 0 Å². The molecule has 0 aliphatic rings. The standard InChI is InChI=1S/C16H21N7O/c1-8(2)14-20-12-6-5-11(7-13(12)21-14)19-16(24)17-9(3)15-18-10(4)22-23-15/h5-9H,1-4H3,(H,20,21)(H2,17,19,24)(H,18,22,23). The van der Waals surface area contributed by atoms with Gasteiger partial charge in [-0.2, -0.15) is 5.10 Å². The molecule has 0 aliphatic carbocycles. The van der Waals surface area contributed by atoms with E-state index in [-0.39, 0.29) is 12.1 Å². The Morgan fingerprint density at radius 1 is 1.21 bits per heavy atom. The number of fused-ring (bicyclic) bond motifs is 1. The second kappa shape index (κ2) is 6.31. The number of anilines is 1. The number of aromatic amines is 2. The number of benzene rings is 1. The normalized spacial score (nSPS) is 12.5. The van der Waals surface area contributed by atoms with E-state index in [1.54, 1.807) is 0 Å². The van der Waals surface area contributed by atoms with E-state index in [0.717, 1.165) is 16.9 Å². The van der Waals surface area contributed by atoms with Crippen molar-refractivity contribution >= 4 is 22.8 Å². The second-order valence-corrected chi connectivity index (χ2v) is 6.11. The van der Waals surface area contributed by atoms with Gasteiger partial charge in [0.2, 0.25) is 0 Å². The van der Waals surface area contributed by atoms with Crippen LogP contribution in [0.3, 0.4) is 0 Å². The van der Waals surface area contributed by atoms with E-state index in [9.17, 15) is 4.79 Å². The van der Waals surface area contributed by atoms with Gasteiger partial charge in [0, 0.05) is 11.6 Å². The van der Waals surface area contributed by atoms with E-state index in [1.165, 1.54) is 0 Å². The molecule has 3 aromatic rings. The number of aromatic nitrogens is 5. The lowest BCUT2D eigenvalue weighted by molar-refractivity contribution is 0.249. The van der Waals surface area contributed by atoms with Crippen molar-refractivity contribution in [2.45, 2.75) is 39.7 Å². The van der Waals surface area contributed by atoms with Crippen LogP contribution < -0.4 is 10.6 Å². The van der Waals surface area contributed by atoms with Crippen LogP contribution in [0.15, 0.2) is 18.2 Å². The number of H-pyrrole nitrogens is 2. The zero-order chi connectivity index (χ0) is 17.3. The first kappa shape index (κ1) is 16.0. The Bertz CT molecular complexity index is 864. The Kier molecular flexibility index (Phi) is 4.20. The predicted molar refractivity (Wildman–Crippen MR) is 91.9 cm³/mol. The fraction of sp³-hybridized carbons (Fsp3) is 0.375. The van der Waals surface area contributed by atoms with Crippen molar-refractivity contribution < 1.29 is 4.79 Å². The van der Waals surface area contributed by atoms with Crippen molar-refractivity contribution in [2.24, 2.45) is 0 Å². The molecule has 0 radical (unpaired) electrons. The van der Waals surface area contributed by atoms with Crippen LogP contribution in [0.25, 0.3) is 11.0 Å². The molecular weight excluding hydrogens is 306 g/mol. The SMILES string of the molecule is Cc1nc(C(C)NC(=O)Nc2ccc3nc(C(C)C)[nH]c3c2)n[nH]1. The summed E-state index contributed by atoms with van der Waals surface area (Å²) in [5.41, 5.74) is 2.47. The summed E-state index contributed by atoms with van der Waals surface area (Å²) in [5, 5.41) is 12.4. The molecular formula is C16H21N7O. The maximum absolute atomic E-state index is 12.1. The predicted octanol–water partition coefficient (Wildman–Crippen LogP) is 3.00. The maximum Gasteiger partial charge on any atom is 0.319 e. The number of aryl methyl sites for hydroxylation is 1. The third-order valence-electron chi connectivity index (χ3n) is 3.65. The molecule has 0 saturated carbocycles. The van der Waals surface area contributed by atoms with Crippen LogP contribution in [-0.2, 0) is 0 Å². The topological polar surface area (TPSA) is 111 Å². The highest BCUT2D eigenvalue weighted by molar-refractivity contribution is 5.92. The molecule has 0 fully saturated rings. The number of amides is 2. The lowest BCUT2D eigenvalue weighted by Crippen LogP contribution is -2.31. The largest absolute Gasteiger partial charge is 0.342 e. The van der Waals surface area contributed by atoms with Gasteiger partial charge in [-0.3, -0.25) is 5.10 Å². The molecule has 0 aliphatic heterocycles. The monoisotopic (exact) mass is 327 g/mol. The van der Waals surface area contributed by atoms with Crippen LogP contribution in [0, 0.1) is 6.92 Å². The number of carbonyl (C=O) groups is 1. The number of imidazole rings is 1. The summed E-state index contributed by atoms with van der Waals surface area (Å²) in [6.45, 7) is 7.80. The minimum atomic E-state index is -0.312. The molecule has 24 heavy (non-hydrogen) atoms. The number of carbonyl (C=O) groups excluding carboxylic acids is 1. The number of nitrogens with one attached hydrogen (secondary N) is 4. The molecule has 1 aromatic carbocycles. The van der Waals surface area contributed by atoms with Crippen molar-refractivity contribution in [3.05, 3.63) is 35.7 Å². The Morgan fingerprint density at radius 3 is 2.67 bits per heavy atom. The van der Waals surface area contributed by atoms with E-state index < -0.39 is 0 Å². The lowest BCUT2D eigenvalue weighted by atomic mass is 10.2. The Balaban J connectivity index is 1.68. The summed E-state index contributed by atoms with van der Waals surface area (Å²) < 4.78 is 0. The highest BCUT2D eigenvalue weighted by Gasteiger charge is 2.14. The van der Waals surface area contributed by atoms with Gasteiger partial charge in [-0.1, -0.05) is 13.8 Å². The van der Waals surface area contributed by atoms with Gasteiger partial charge in [-0.05, 0) is 32.0 Å². The fourth-order valence-electron chi connectivity index (χ4n) is 2.36. The molecule has 2 heterocycles. The summed E-state index contributed by atoms with van der Waals surface area (Å²) in [7, 11) is 0. The minimum absolute atomic E-state index is 0.293. The van der Waals surface area contributed by atoms with E-state index in [1.807, 2.05) is 32.0 Å². The molecule has 4 N–H and O–H groups in total. The molecule has 3 rings (SSSR count). The zero-order valence-corrected chi connectivity index (χ0v) is 14.1. The summed E-state index contributed by atoms with van der Waals surface area (Å²) in [4.78, 5) is 24.1. The summed E-state index contributed by atoms with van der Waals surface area (Å²) >= 11 is 0. The lowest BCUT2D eigenvalue weighted by Gasteiger charge is -2.11. The van der Waals surface area contributed by atoms with Gasteiger partial charge in [0.15, 0.2) is 5.82 Å². The van der Waals surface area contributed by atoms with Crippen LogP contribution >= 0.6 is 0 Å². The van der Waals surface area contributed by atoms with Crippen molar-refractivity contribution in [1.82, 2.24) is 30.5 Å². The second-order valence-electron chi connectivity index (χ2n) is 6.11. The molecule has 8 heteroatoms. The molecule has 0 saturated heterocycles. The minimum Gasteiger partial charge on any atom is -0.342 e. The van der Waals surface area contributed by atoms with Crippen LogP contribution in [0.5, 0.6) is 0 Å². The van der Waals surface area contributed by atoms with Gasteiger partial charge in [0.25, 0.3) is 0 Å². The number of urea groups is 1. The highest BCUT2D eigenvalue weighted by Crippen LogP contribution is 2.20. The Hall–Kier alpha value is -2.90. The van der Waals surface area contributed by atoms with Crippen molar-refractivity contribution in [2.75, 3.05) is 5.32 Å². The molecule has 8 nitrogen and oxygen atoms in total. The summed E-state index contributed by atoms with van der Waals surface area (Å²) in [6.07, 6.45) is 0. The number of nitrogens with zero attached hydrogens (tertiary/aromatic N) is 3. The van der Waals surface area contributed by atoms with E-state index in [2.05, 4.69) is 49.6 Å². The van der Waals surface area contributed by atoms with Gasteiger partial charge in [0.1, 0.15) is 11.6 Å². The van der Waals surface area contributed by atoms with Crippen LogP contribution in [0.2, 0.25) is 0 Å². The fourth-order valence-corrected chi connectivity index (χ4v) is 2.36. The Labute approximate surface area is 139 Å². The maximum atomic E-state index is 12.1. The average Bonchev–Trinajstić information content (AvgIpc) is 3.12. The molecule has 126 valence electrons. The third kappa shape index (κ3) is 3.37. The van der Waals surface area contributed by atoms with Gasteiger partial charge < -0.3 is 15.6 Å². The quantitative estimate of drug-likeness (QED) is 0.590. The smallest absolute Gasteiger partial charge is 0.319 e. The molecule has 1 unspecified atom stereocenters. The van der Waals surface area contributed by atoms with E-state index in [0.29, 0.717) is 23.3 Å². The van der Waals surface area contributed by atoms with Crippen LogP contribution in [0.4, 0.5) is 10.5 Å². The average molecular weight is 327 g/mol. The number of rotatable bonds is 4.